The van der Waals surface area contributed by atoms with Crippen LogP contribution in [0.25, 0.3) is 22.3 Å². The summed E-state index contributed by atoms with van der Waals surface area (Å²) in [6.07, 6.45) is 18.9. The van der Waals surface area contributed by atoms with Crippen LogP contribution in [-0.2, 0) is 0 Å². The smallest absolute Gasteiger partial charge is 0.212 e. The molecular formula is C41H48F4N2. The minimum atomic E-state index is -0.547. The fourth-order valence-corrected chi connectivity index (χ4v) is 7.58. The van der Waals surface area contributed by atoms with Gasteiger partial charge < -0.3 is 0 Å². The van der Waals surface area contributed by atoms with Crippen molar-refractivity contribution in [1.82, 2.24) is 9.97 Å². The van der Waals surface area contributed by atoms with Gasteiger partial charge in [-0.2, -0.15) is 8.78 Å². The molecule has 2 aliphatic carbocycles. The number of halogens is 4. The van der Waals surface area contributed by atoms with Gasteiger partial charge in [0.25, 0.3) is 0 Å². The normalized spacial score (nSPS) is 21.1. The van der Waals surface area contributed by atoms with Gasteiger partial charge in [0.1, 0.15) is 11.6 Å². The molecule has 250 valence electrons. The maximum absolute atomic E-state index is 14.5. The number of benzene rings is 2. The predicted molar refractivity (Wildman–Crippen MR) is 183 cm³/mol. The highest BCUT2D eigenvalue weighted by molar-refractivity contribution is 5.64. The lowest BCUT2D eigenvalue weighted by Crippen LogP contribution is -2.13. The van der Waals surface area contributed by atoms with Crippen LogP contribution in [0.3, 0.4) is 0 Å². The van der Waals surface area contributed by atoms with Crippen molar-refractivity contribution in [3.05, 3.63) is 108 Å². The van der Waals surface area contributed by atoms with Crippen molar-refractivity contribution in [3.8, 4) is 22.3 Å². The van der Waals surface area contributed by atoms with Gasteiger partial charge in [0.15, 0.2) is 0 Å². The van der Waals surface area contributed by atoms with E-state index in [1.54, 1.807) is 30.3 Å². The molecule has 0 amide bonds. The van der Waals surface area contributed by atoms with Gasteiger partial charge in [0, 0.05) is 34.6 Å². The van der Waals surface area contributed by atoms with E-state index in [9.17, 15) is 17.6 Å². The van der Waals surface area contributed by atoms with Gasteiger partial charge in [-0.15, -0.1) is 0 Å². The van der Waals surface area contributed by atoms with E-state index in [1.165, 1.54) is 82.3 Å². The molecule has 6 rings (SSSR count). The van der Waals surface area contributed by atoms with Gasteiger partial charge in [0.2, 0.25) is 11.9 Å². The quantitative estimate of drug-likeness (QED) is 0.134. The van der Waals surface area contributed by atoms with Crippen LogP contribution < -0.4 is 0 Å². The second-order valence-corrected chi connectivity index (χ2v) is 13.6. The molecule has 0 radical (unpaired) electrons. The Morgan fingerprint density at radius 2 is 0.979 bits per heavy atom. The summed E-state index contributed by atoms with van der Waals surface area (Å²) in [6.45, 7) is 4.48. The maximum atomic E-state index is 14.5. The van der Waals surface area contributed by atoms with Crippen molar-refractivity contribution in [2.24, 2.45) is 11.8 Å². The number of pyridine rings is 2. The third-order valence-electron chi connectivity index (χ3n) is 10.4. The Hall–Kier alpha value is -3.54. The van der Waals surface area contributed by atoms with Crippen LogP contribution in [0.1, 0.15) is 120 Å². The van der Waals surface area contributed by atoms with Gasteiger partial charge in [0.05, 0.1) is 0 Å². The first kappa shape index (κ1) is 34.8. The number of rotatable bonds is 9. The Morgan fingerprint density at radius 3 is 1.34 bits per heavy atom. The lowest BCUT2D eigenvalue weighted by molar-refractivity contribution is 0.304. The molecule has 47 heavy (non-hydrogen) atoms. The zero-order valence-corrected chi connectivity index (χ0v) is 27.8. The van der Waals surface area contributed by atoms with Crippen LogP contribution in [0.5, 0.6) is 0 Å². The molecule has 0 saturated heterocycles. The van der Waals surface area contributed by atoms with E-state index >= 15 is 0 Å². The molecule has 2 saturated carbocycles. The molecule has 2 aromatic carbocycles. The van der Waals surface area contributed by atoms with Gasteiger partial charge in [-0.05, 0) is 123 Å². The number of aromatic nitrogens is 2. The van der Waals surface area contributed by atoms with E-state index in [0.717, 1.165) is 48.6 Å². The number of hydrogen-bond donors (Lipinski definition) is 0. The van der Waals surface area contributed by atoms with Gasteiger partial charge in [-0.3, -0.25) is 0 Å². The first-order valence-electron chi connectivity index (χ1n) is 17.7. The molecule has 4 aromatic rings. The van der Waals surface area contributed by atoms with E-state index < -0.39 is 11.9 Å². The third-order valence-corrected chi connectivity index (χ3v) is 10.4. The molecule has 2 aliphatic rings. The van der Waals surface area contributed by atoms with E-state index in [4.69, 9.17) is 0 Å². The fraction of sp³-hybridized carbons (Fsp3) is 0.463. The van der Waals surface area contributed by atoms with Gasteiger partial charge >= 0.3 is 0 Å². The van der Waals surface area contributed by atoms with E-state index in [1.807, 2.05) is 18.2 Å². The molecule has 0 atom stereocenters. The monoisotopic (exact) mass is 644 g/mol. The molecule has 2 aromatic heterocycles. The highest BCUT2D eigenvalue weighted by Gasteiger charge is 2.24. The Labute approximate surface area is 278 Å². The molecular weight excluding hydrogens is 596 g/mol. The number of hydrogen-bond acceptors (Lipinski definition) is 2. The van der Waals surface area contributed by atoms with E-state index in [0.29, 0.717) is 34.1 Å². The average Bonchev–Trinajstić information content (AvgIpc) is 3.09. The zero-order valence-electron chi connectivity index (χ0n) is 27.8. The Kier molecular flexibility index (Phi) is 12.6. The Morgan fingerprint density at radius 1 is 0.532 bits per heavy atom. The Bertz CT molecular complexity index is 1540. The SMILES string of the molecule is CCCC1CCC(c2ccc(-c3ccc(F)nc3)c(F)c2)CC1.CCCCC1CCC(c2ccc(-c3ccc(F)nc3)c(F)c2)CC1. The average molecular weight is 645 g/mol. The minimum Gasteiger partial charge on any atom is -0.228 e. The highest BCUT2D eigenvalue weighted by Crippen LogP contribution is 2.40. The highest BCUT2D eigenvalue weighted by atomic mass is 19.1. The predicted octanol–water partition coefficient (Wildman–Crippen LogP) is 12.6. The first-order valence-corrected chi connectivity index (χ1v) is 17.7. The first-order chi connectivity index (χ1) is 22.8. The molecule has 2 nitrogen and oxygen atoms in total. The summed E-state index contributed by atoms with van der Waals surface area (Å²) in [6, 6.07) is 16.6. The van der Waals surface area contributed by atoms with Crippen molar-refractivity contribution < 1.29 is 17.6 Å². The number of unbranched alkanes of at least 4 members (excludes halogenated alkanes) is 1. The second-order valence-electron chi connectivity index (χ2n) is 13.6. The molecule has 0 aliphatic heterocycles. The van der Waals surface area contributed by atoms with Crippen molar-refractivity contribution in [2.75, 3.05) is 0 Å². The third kappa shape index (κ3) is 9.52. The lowest BCUT2D eigenvalue weighted by Gasteiger charge is -2.29. The molecule has 6 heteroatoms. The van der Waals surface area contributed by atoms with Crippen LogP contribution in [0.4, 0.5) is 17.6 Å². The standard InChI is InChI=1S/C21H25F2N.C20H23F2N/c1-2-3-4-15-5-7-16(8-6-15)17-9-11-19(20(22)13-17)18-10-12-21(23)24-14-18;1-2-3-14-4-6-15(7-5-14)16-8-10-18(19(21)12-16)17-9-11-20(22)23-13-17/h9-16H,2-8H2,1H3;8-15H,2-7H2,1H3. The van der Waals surface area contributed by atoms with Crippen LogP contribution in [0.2, 0.25) is 0 Å². The van der Waals surface area contributed by atoms with Crippen LogP contribution in [0, 0.1) is 35.4 Å². The Balaban J connectivity index is 0.000000185. The summed E-state index contributed by atoms with van der Waals surface area (Å²) in [5.41, 5.74) is 4.39. The summed E-state index contributed by atoms with van der Waals surface area (Å²) in [5.74, 6) is 1.07. The van der Waals surface area contributed by atoms with Crippen LogP contribution in [-0.4, -0.2) is 9.97 Å². The molecule has 0 unspecified atom stereocenters. The second kappa shape index (κ2) is 17.0. The molecule has 0 bridgehead atoms. The van der Waals surface area contributed by atoms with Crippen LogP contribution >= 0.6 is 0 Å². The summed E-state index contributed by atoms with van der Waals surface area (Å²) < 4.78 is 54.8. The summed E-state index contributed by atoms with van der Waals surface area (Å²) in [5, 5.41) is 0. The summed E-state index contributed by atoms with van der Waals surface area (Å²) in [4.78, 5) is 7.21. The minimum absolute atomic E-state index is 0.242. The van der Waals surface area contributed by atoms with Crippen molar-refractivity contribution in [1.29, 1.82) is 0 Å². The van der Waals surface area contributed by atoms with Crippen molar-refractivity contribution >= 4 is 0 Å². The number of nitrogens with zero attached hydrogens (tertiary/aromatic N) is 2. The largest absolute Gasteiger partial charge is 0.228 e. The van der Waals surface area contributed by atoms with Crippen molar-refractivity contribution in [3.63, 3.8) is 0 Å². The molecule has 2 heterocycles. The fourth-order valence-electron chi connectivity index (χ4n) is 7.58. The van der Waals surface area contributed by atoms with E-state index in [-0.39, 0.29) is 11.6 Å². The molecule has 0 N–H and O–H groups in total. The zero-order chi connectivity index (χ0) is 33.2. The summed E-state index contributed by atoms with van der Waals surface area (Å²) in [7, 11) is 0. The molecule has 2 fully saturated rings. The maximum Gasteiger partial charge on any atom is 0.212 e. The van der Waals surface area contributed by atoms with Gasteiger partial charge in [-0.1, -0.05) is 70.2 Å². The lowest BCUT2D eigenvalue weighted by atomic mass is 9.77. The van der Waals surface area contributed by atoms with Crippen LogP contribution in [0.15, 0.2) is 73.1 Å². The topological polar surface area (TPSA) is 25.8 Å². The molecule has 0 spiro atoms. The summed E-state index contributed by atoms with van der Waals surface area (Å²) >= 11 is 0. The van der Waals surface area contributed by atoms with E-state index in [2.05, 4.69) is 23.8 Å². The van der Waals surface area contributed by atoms with Crippen molar-refractivity contribution in [2.45, 2.75) is 109 Å². The van der Waals surface area contributed by atoms with Gasteiger partial charge in [-0.25, -0.2) is 18.7 Å².